The smallest absolute Gasteiger partial charge is 0.161 e. The number of hydrogen-bond acceptors (Lipinski definition) is 3. The molecule has 7 aromatic carbocycles. The summed E-state index contributed by atoms with van der Waals surface area (Å²) in [6.07, 6.45) is 0. The van der Waals surface area contributed by atoms with Gasteiger partial charge in [0.25, 0.3) is 0 Å². The lowest BCUT2D eigenvalue weighted by atomic mass is 9.70. The van der Waals surface area contributed by atoms with Gasteiger partial charge in [0.2, 0.25) is 0 Å². The molecular formula is C45H26N2S. The maximum atomic E-state index is 5.45. The van der Waals surface area contributed by atoms with Crippen molar-refractivity contribution in [3.05, 3.63) is 180 Å². The molecule has 2 aliphatic rings. The van der Waals surface area contributed by atoms with Crippen LogP contribution < -0.4 is 0 Å². The van der Waals surface area contributed by atoms with Crippen molar-refractivity contribution in [3.8, 4) is 44.9 Å². The zero-order valence-electron chi connectivity index (χ0n) is 25.8. The normalized spacial score (nSPS) is 13.6. The van der Waals surface area contributed by atoms with Crippen LogP contribution in [0.4, 0.5) is 0 Å². The first kappa shape index (κ1) is 26.2. The predicted octanol–water partition coefficient (Wildman–Crippen LogP) is 11.7. The van der Waals surface area contributed by atoms with Crippen LogP contribution >= 0.6 is 11.3 Å². The van der Waals surface area contributed by atoms with Gasteiger partial charge in [-0.1, -0.05) is 140 Å². The van der Waals surface area contributed by atoms with Crippen LogP contribution in [-0.2, 0) is 5.41 Å². The topological polar surface area (TPSA) is 25.8 Å². The van der Waals surface area contributed by atoms with Crippen molar-refractivity contribution >= 4 is 42.4 Å². The van der Waals surface area contributed by atoms with Crippen LogP contribution in [0, 0.1) is 0 Å². The third kappa shape index (κ3) is 3.31. The summed E-state index contributed by atoms with van der Waals surface area (Å²) in [4.78, 5) is 10.7. The zero-order chi connectivity index (χ0) is 31.4. The second-order valence-corrected chi connectivity index (χ2v) is 13.9. The summed E-state index contributed by atoms with van der Waals surface area (Å²) in [5.74, 6) is 0.753. The van der Waals surface area contributed by atoms with E-state index in [2.05, 4.69) is 158 Å². The molecule has 9 aromatic rings. The number of aromatic nitrogens is 2. The van der Waals surface area contributed by atoms with E-state index in [1.165, 1.54) is 64.7 Å². The summed E-state index contributed by atoms with van der Waals surface area (Å²) in [7, 11) is 0. The Labute approximate surface area is 281 Å². The fraction of sp³-hybridized carbons (Fsp3) is 0.0222. The minimum absolute atomic E-state index is 0.402. The quantitative estimate of drug-likeness (QED) is 0.191. The lowest BCUT2D eigenvalue weighted by Gasteiger charge is -2.30. The molecule has 0 N–H and O–H groups in total. The number of thiophene rings is 1. The minimum atomic E-state index is -0.402. The Morgan fingerprint density at radius 2 is 1.00 bits per heavy atom. The third-order valence-corrected chi connectivity index (χ3v) is 11.7. The molecule has 0 saturated heterocycles. The van der Waals surface area contributed by atoms with E-state index in [0.29, 0.717) is 0 Å². The lowest BCUT2D eigenvalue weighted by molar-refractivity contribution is 0.794. The first-order chi connectivity index (χ1) is 23.8. The molecule has 0 fully saturated rings. The first-order valence-electron chi connectivity index (χ1n) is 16.4. The molecule has 11 rings (SSSR count). The summed E-state index contributed by atoms with van der Waals surface area (Å²) in [6, 6.07) is 57.5. The molecule has 0 unspecified atom stereocenters. The Kier molecular flexibility index (Phi) is 5.22. The summed E-state index contributed by atoms with van der Waals surface area (Å²) in [5.41, 5.74) is 14.1. The van der Waals surface area contributed by atoms with Crippen LogP contribution in [0.3, 0.4) is 0 Å². The first-order valence-corrected chi connectivity index (χ1v) is 17.2. The molecule has 222 valence electrons. The van der Waals surface area contributed by atoms with Crippen LogP contribution in [0.15, 0.2) is 158 Å². The Balaban J connectivity index is 1.19. The second-order valence-electron chi connectivity index (χ2n) is 12.8. The van der Waals surface area contributed by atoms with E-state index in [1.807, 2.05) is 11.3 Å². The van der Waals surface area contributed by atoms with Gasteiger partial charge in [-0.2, -0.15) is 0 Å². The zero-order valence-corrected chi connectivity index (χ0v) is 26.6. The van der Waals surface area contributed by atoms with Crippen LogP contribution in [-0.4, -0.2) is 9.97 Å². The van der Waals surface area contributed by atoms with Crippen molar-refractivity contribution in [1.29, 1.82) is 0 Å². The van der Waals surface area contributed by atoms with Gasteiger partial charge < -0.3 is 0 Å². The van der Waals surface area contributed by atoms with E-state index >= 15 is 0 Å². The van der Waals surface area contributed by atoms with Crippen LogP contribution in [0.5, 0.6) is 0 Å². The SMILES string of the molecule is c1ccc2c(c1)-c1ccccc1C21c2ccccc2-c2c(-c3nc(-c4ccc5c(c4)sc4ccccc45)c4ccccc4n3)cccc21. The fourth-order valence-electron chi connectivity index (χ4n) is 8.62. The third-order valence-electron chi connectivity index (χ3n) is 10.5. The van der Waals surface area contributed by atoms with Gasteiger partial charge in [-0.15, -0.1) is 11.3 Å². The molecule has 0 atom stereocenters. The summed E-state index contributed by atoms with van der Waals surface area (Å²) >= 11 is 1.84. The molecule has 3 heteroatoms. The van der Waals surface area contributed by atoms with Gasteiger partial charge in [0.05, 0.1) is 16.6 Å². The number of rotatable bonds is 2. The lowest BCUT2D eigenvalue weighted by Crippen LogP contribution is -2.25. The van der Waals surface area contributed by atoms with E-state index in [4.69, 9.17) is 9.97 Å². The maximum absolute atomic E-state index is 5.45. The summed E-state index contributed by atoms with van der Waals surface area (Å²) in [6.45, 7) is 0. The molecule has 48 heavy (non-hydrogen) atoms. The van der Waals surface area contributed by atoms with Gasteiger partial charge in [0.1, 0.15) is 0 Å². The number of para-hydroxylation sites is 1. The standard InChI is InChI=1S/C45H26N2S/c1-6-18-35-28(12-1)29-13-2-7-19-36(29)45(35)37-20-8-3-15-32(37)42-34(17-11-21-38(42)45)44-46-39-22-9-4-16-33(39)43(47-44)27-24-25-31-30-14-5-10-23-40(30)48-41(31)26-27/h1-26H. The van der Waals surface area contributed by atoms with E-state index in [0.717, 1.165) is 33.5 Å². The molecule has 2 heterocycles. The monoisotopic (exact) mass is 626 g/mol. The highest BCUT2D eigenvalue weighted by Crippen LogP contribution is 2.63. The molecule has 1 spiro atoms. The molecule has 2 aliphatic carbocycles. The number of fused-ring (bicyclic) bond motifs is 14. The highest BCUT2D eigenvalue weighted by Gasteiger charge is 2.52. The largest absolute Gasteiger partial charge is 0.228 e. The van der Waals surface area contributed by atoms with Crippen molar-refractivity contribution in [3.63, 3.8) is 0 Å². The Bertz CT molecular complexity index is 2760. The number of hydrogen-bond donors (Lipinski definition) is 0. The number of benzene rings is 7. The minimum Gasteiger partial charge on any atom is -0.228 e. The van der Waals surface area contributed by atoms with Crippen molar-refractivity contribution < 1.29 is 0 Å². The van der Waals surface area contributed by atoms with E-state index in [1.54, 1.807) is 0 Å². The van der Waals surface area contributed by atoms with Gasteiger partial charge >= 0.3 is 0 Å². The van der Waals surface area contributed by atoms with Gasteiger partial charge in [-0.05, 0) is 62.7 Å². The van der Waals surface area contributed by atoms with Crippen LogP contribution in [0.1, 0.15) is 22.3 Å². The van der Waals surface area contributed by atoms with Crippen molar-refractivity contribution in [2.24, 2.45) is 0 Å². The van der Waals surface area contributed by atoms with Gasteiger partial charge in [-0.25, -0.2) is 9.97 Å². The molecule has 0 saturated carbocycles. The van der Waals surface area contributed by atoms with Crippen LogP contribution in [0.25, 0.3) is 76.0 Å². The fourth-order valence-corrected chi connectivity index (χ4v) is 9.77. The Morgan fingerprint density at radius 1 is 0.417 bits per heavy atom. The van der Waals surface area contributed by atoms with Gasteiger partial charge in [0, 0.05) is 36.7 Å². The van der Waals surface area contributed by atoms with E-state index in [-0.39, 0.29) is 0 Å². The molecule has 0 bridgehead atoms. The molecule has 0 aliphatic heterocycles. The van der Waals surface area contributed by atoms with Crippen LogP contribution in [0.2, 0.25) is 0 Å². The average Bonchev–Trinajstić information content (AvgIpc) is 3.78. The van der Waals surface area contributed by atoms with Crippen molar-refractivity contribution in [1.82, 2.24) is 9.97 Å². The highest BCUT2D eigenvalue weighted by molar-refractivity contribution is 7.25. The van der Waals surface area contributed by atoms with Crippen molar-refractivity contribution in [2.45, 2.75) is 5.41 Å². The maximum Gasteiger partial charge on any atom is 0.161 e. The van der Waals surface area contributed by atoms with Crippen molar-refractivity contribution in [2.75, 3.05) is 0 Å². The Morgan fingerprint density at radius 3 is 1.79 bits per heavy atom. The highest BCUT2D eigenvalue weighted by atomic mass is 32.1. The van der Waals surface area contributed by atoms with E-state index in [9.17, 15) is 0 Å². The molecule has 2 aromatic heterocycles. The second kappa shape index (κ2) is 9.57. The molecule has 0 amide bonds. The number of nitrogens with zero attached hydrogens (tertiary/aromatic N) is 2. The van der Waals surface area contributed by atoms with Gasteiger partial charge in [0.15, 0.2) is 5.82 Å². The van der Waals surface area contributed by atoms with Gasteiger partial charge in [-0.3, -0.25) is 0 Å². The van der Waals surface area contributed by atoms with E-state index < -0.39 is 5.41 Å². The predicted molar refractivity (Wildman–Crippen MR) is 200 cm³/mol. The summed E-state index contributed by atoms with van der Waals surface area (Å²) < 4.78 is 2.58. The average molecular weight is 627 g/mol. The molecule has 2 nitrogen and oxygen atoms in total. The Hall–Kier alpha value is -5.90. The molecular weight excluding hydrogens is 601 g/mol. The summed E-state index contributed by atoms with van der Waals surface area (Å²) in [5, 5.41) is 3.66. The molecule has 0 radical (unpaired) electrons.